The summed E-state index contributed by atoms with van der Waals surface area (Å²) < 4.78 is 0. The second-order valence-electron chi connectivity index (χ2n) is 7.95. The molecule has 6 nitrogen and oxygen atoms in total. The van der Waals surface area contributed by atoms with Crippen molar-refractivity contribution in [3.05, 3.63) is 30.3 Å². The fourth-order valence-corrected chi connectivity index (χ4v) is 5.38. The van der Waals surface area contributed by atoms with E-state index < -0.39 is 0 Å². The number of hydrogen-bond donors (Lipinski definition) is 2. The van der Waals surface area contributed by atoms with Crippen LogP contribution in [0.3, 0.4) is 0 Å². The van der Waals surface area contributed by atoms with Crippen LogP contribution in [-0.2, 0) is 9.59 Å². The van der Waals surface area contributed by atoms with Gasteiger partial charge in [0, 0.05) is 48.8 Å². The molecule has 0 aliphatic carbocycles. The van der Waals surface area contributed by atoms with Crippen LogP contribution in [0.25, 0.3) is 0 Å². The zero-order valence-electron chi connectivity index (χ0n) is 16.3. The van der Waals surface area contributed by atoms with Crippen molar-refractivity contribution in [2.24, 2.45) is 5.92 Å². The molecule has 0 unspecified atom stereocenters. The number of carbonyl (C=O) groups excluding carboxylic acids is 2. The minimum atomic E-state index is -0.0350. The molecular formula is C21H30N4O2S. The summed E-state index contributed by atoms with van der Waals surface area (Å²) >= 11 is 1.93. The summed E-state index contributed by atoms with van der Waals surface area (Å²) in [5.74, 6) is 2.60. The van der Waals surface area contributed by atoms with Gasteiger partial charge in [0.1, 0.15) is 0 Å². The highest BCUT2D eigenvalue weighted by Crippen LogP contribution is 2.25. The molecule has 3 aliphatic heterocycles. The molecule has 7 heteroatoms. The summed E-state index contributed by atoms with van der Waals surface area (Å²) in [5.41, 5.74) is 0.868. The van der Waals surface area contributed by atoms with Crippen molar-refractivity contribution < 1.29 is 9.59 Å². The Labute approximate surface area is 171 Å². The highest BCUT2D eigenvalue weighted by Gasteiger charge is 2.37. The average Bonchev–Trinajstić information content (AvgIpc) is 3.25. The van der Waals surface area contributed by atoms with Gasteiger partial charge >= 0.3 is 0 Å². The van der Waals surface area contributed by atoms with E-state index in [0.29, 0.717) is 6.04 Å². The number of anilines is 1. The molecule has 0 spiro atoms. The molecule has 3 aliphatic rings. The number of piperidine rings is 1. The highest BCUT2D eigenvalue weighted by molar-refractivity contribution is 7.99. The minimum Gasteiger partial charge on any atom is -0.340 e. The van der Waals surface area contributed by atoms with Gasteiger partial charge in [-0.25, -0.2) is 0 Å². The van der Waals surface area contributed by atoms with Gasteiger partial charge in [-0.05, 0) is 44.5 Å². The SMILES string of the molecule is O=C(Nc1ccccc1)C1CCN([C@@H]2CN[C@H](C(=O)N3CCSCC3)C2)CC1. The number of hydrogen-bond acceptors (Lipinski definition) is 5. The lowest BCUT2D eigenvalue weighted by Gasteiger charge is -2.35. The van der Waals surface area contributed by atoms with Crippen LogP contribution in [0.5, 0.6) is 0 Å². The first-order valence-electron chi connectivity index (χ1n) is 10.4. The molecule has 2 N–H and O–H groups in total. The highest BCUT2D eigenvalue weighted by atomic mass is 32.2. The maximum atomic E-state index is 12.7. The Bertz CT molecular complexity index is 672. The van der Waals surface area contributed by atoms with Gasteiger partial charge in [-0.1, -0.05) is 18.2 Å². The summed E-state index contributed by atoms with van der Waals surface area (Å²) in [6.07, 6.45) is 2.66. The Morgan fingerprint density at radius 1 is 1.04 bits per heavy atom. The zero-order chi connectivity index (χ0) is 19.3. The summed E-state index contributed by atoms with van der Waals surface area (Å²) in [4.78, 5) is 29.7. The number of nitrogens with zero attached hydrogens (tertiary/aromatic N) is 2. The molecule has 3 heterocycles. The molecule has 152 valence electrons. The van der Waals surface area contributed by atoms with Crippen molar-refractivity contribution in [2.45, 2.75) is 31.3 Å². The van der Waals surface area contributed by atoms with E-state index in [1.165, 1.54) is 0 Å². The Morgan fingerprint density at radius 3 is 2.46 bits per heavy atom. The van der Waals surface area contributed by atoms with Gasteiger partial charge in [0.05, 0.1) is 6.04 Å². The molecule has 0 radical (unpaired) electrons. The van der Waals surface area contributed by atoms with Crippen molar-refractivity contribution in [1.82, 2.24) is 15.1 Å². The fraction of sp³-hybridized carbons (Fsp3) is 0.619. The molecule has 0 saturated carbocycles. The van der Waals surface area contributed by atoms with Gasteiger partial charge in [-0.2, -0.15) is 11.8 Å². The smallest absolute Gasteiger partial charge is 0.239 e. The van der Waals surface area contributed by atoms with E-state index in [2.05, 4.69) is 15.5 Å². The molecule has 0 bridgehead atoms. The normalized spacial score (nSPS) is 26.9. The van der Waals surface area contributed by atoms with Crippen LogP contribution >= 0.6 is 11.8 Å². The van der Waals surface area contributed by atoms with Crippen molar-refractivity contribution in [1.29, 1.82) is 0 Å². The van der Waals surface area contributed by atoms with Crippen molar-refractivity contribution >= 4 is 29.3 Å². The molecule has 1 aromatic carbocycles. The molecule has 0 aromatic heterocycles. The van der Waals surface area contributed by atoms with Crippen LogP contribution in [0.15, 0.2) is 30.3 Å². The van der Waals surface area contributed by atoms with E-state index >= 15 is 0 Å². The molecule has 3 fully saturated rings. The number of carbonyl (C=O) groups is 2. The lowest BCUT2D eigenvalue weighted by atomic mass is 9.94. The predicted molar refractivity (Wildman–Crippen MR) is 113 cm³/mol. The van der Waals surface area contributed by atoms with Crippen LogP contribution in [-0.4, -0.2) is 77.9 Å². The number of benzene rings is 1. The lowest BCUT2D eigenvalue weighted by molar-refractivity contribution is -0.132. The summed E-state index contributed by atoms with van der Waals surface area (Å²) in [5, 5.41) is 6.48. The monoisotopic (exact) mass is 402 g/mol. The summed E-state index contributed by atoms with van der Waals surface area (Å²) in [6, 6.07) is 10.0. The third kappa shape index (κ3) is 4.70. The Balaban J connectivity index is 1.23. The number of para-hydroxylation sites is 1. The standard InChI is InChI=1S/C21H30N4O2S/c26-20(23-17-4-2-1-3-5-17)16-6-8-24(9-7-16)18-14-19(22-15-18)21(27)25-10-12-28-13-11-25/h1-5,16,18-19,22H,6-15H2,(H,23,26)/t18-,19-/m0/s1. The van der Waals surface area contributed by atoms with Gasteiger partial charge in [0.15, 0.2) is 0 Å². The first-order chi connectivity index (χ1) is 13.7. The number of rotatable bonds is 4. The van der Waals surface area contributed by atoms with Gasteiger partial charge in [0.2, 0.25) is 11.8 Å². The van der Waals surface area contributed by atoms with Crippen LogP contribution in [0, 0.1) is 5.92 Å². The number of likely N-dealkylation sites (tertiary alicyclic amines) is 1. The fourth-order valence-electron chi connectivity index (χ4n) is 4.48. The molecule has 2 amide bonds. The first-order valence-corrected chi connectivity index (χ1v) is 11.6. The Hall–Kier alpha value is -1.57. The van der Waals surface area contributed by atoms with Gasteiger partial charge in [0.25, 0.3) is 0 Å². The topological polar surface area (TPSA) is 64.7 Å². The van der Waals surface area contributed by atoms with Gasteiger partial charge < -0.3 is 15.5 Å². The number of amides is 2. The molecule has 2 atom stereocenters. The molecule has 4 rings (SSSR count). The third-order valence-corrected chi connectivity index (χ3v) is 7.13. The molecule has 3 saturated heterocycles. The average molecular weight is 403 g/mol. The number of thioether (sulfide) groups is 1. The van der Waals surface area contributed by atoms with Crippen molar-refractivity contribution in [3.63, 3.8) is 0 Å². The van der Waals surface area contributed by atoms with Gasteiger partial charge in [-0.15, -0.1) is 0 Å². The van der Waals surface area contributed by atoms with E-state index in [9.17, 15) is 9.59 Å². The first kappa shape index (κ1) is 19.7. The number of nitrogens with one attached hydrogen (secondary N) is 2. The maximum Gasteiger partial charge on any atom is 0.239 e. The third-order valence-electron chi connectivity index (χ3n) is 6.19. The van der Waals surface area contributed by atoms with E-state index in [1.54, 1.807) is 0 Å². The lowest BCUT2D eigenvalue weighted by Crippen LogP contribution is -2.47. The summed E-state index contributed by atoms with van der Waals surface area (Å²) in [6.45, 7) is 4.50. The molecule has 28 heavy (non-hydrogen) atoms. The Kier molecular flexibility index (Phi) is 6.54. The second-order valence-corrected chi connectivity index (χ2v) is 9.18. The van der Waals surface area contributed by atoms with E-state index in [-0.39, 0.29) is 23.8 Å². The van der Waals surface area contributed by atoms with E-state index in [4.69, 9.17) is 0 Å². The van der Waals surface area contributed by atoms with E-state index in [0.717, 1.165) is 69.2 Å². The largest absolute Gasteiger partial charge is 0.340 e. The van der Waals surface area contributed by atoms with Crippen LogP contribution in [0.1, 0.15) is 19.3 Å². The van der Waals surface area contributed by atoms with E-state index in [1.807, 2.05) is 47.0 Å². The minimum absolute atomic E-state index is 0.0350. The Morgan fingerprint density at radius 2 is 1.75 bits per heavy atom. The maximum absolute atomic E-state index is 12.7. The second kappa shape index (κ2) is 9.29. The quantitative estimate of drug-likeness (QED) is 0.802. The van der Waals surface area contributed by atoms with Crippen molar-refractivity contribution in [2.75, 3.05) is 49.5 Å². The molecule has 1 aromatic rings. The predicted octanol–water partition coefficient (Wildman–Crippen LogP) is 1.64. The summed E-state index contributed by atoms with van der Waals surface area (Å²) in [7, 11) is 0. The zero-order valence-corrected chi connectivity index (χ0v) is 17.1. The van der Waals surface area contributed by atoms with Gasteiger partial charge in [-0.3, -0.25) is 14.5 Å². The van der Waals surface area contributed by atoms with Crippen molar-refractivity contribution in [3.8, 4) is 0 Å². The molecular weight excluding hydrogens is 372 g/mol. The van der Waals surface area contributed by atoms with Crippen LogP contribution < -0.4 is 10.6 Å². The van der Waals surface area contributed by atoms with Crippen LogP contribution in [0.2, 0.25) is 0 Å². The van der Waals surface area contributed by atoms with Crippen LogP contribution in [0.4, 0.5) is 5.69 Å².